The maximum absolute atomic E-state index is 13.3. The summed E-state index contributed by atoms with van der Waals surface area (Å²) in [5, 5.41) is 5.84. The van der Waals surface area contributed by atoms with Gasteiger partial charge in [-0.25, -0.2) is 4.68 Å². The maximum atomic E-state index is 13.3. The Hall–Kier alpha value is -2.18. The number of piperazine rings is 1. The third-order valence-corrected chi connectivity index (χ3v) is 7.89. The van der Waals surface area contributed by atoms with E-state index in [2.05, 4.69) is 24.0 Å². The predicted molar refractivity (Wildman–Crippen MR) is 123 cm³/mol. The van der Waals surface area contributed by atoms with Gasteiger partial charge >= 0.3 is 0 Å². The van der Waals surface area contributed by atoms with Gasteiger partial charge in [-0.05, 0) is 44.4 Å². The molecule has 2 fully saturated rings. The van der Waals surface area contributed by atoms with Crippen molar-refractivity contribution in [1.82, 2.24) is 19.6 Å². The highest BCUT2D eigenvalue weighted by Crippen LogP contribution is 2.32. The molecular weight excluding hydrogens is 392 g/mol. The molecule has 1 saturated carbocycles. The first kappa shape index (κ1) is 19.8. The summed E-state index contributed by atoms with van der Waals surface area (Å²) in [6.07, 6.45) is 6.78. The SMILES string of the molecule is Cc1ccccc1-n1nc(C)c2cc(C(=O)N3CCN(C4CCCCC4)CC3)sc21. The van der Waals surface area contributed by atoms with Gasteiger partial charge in [0.05, 0.1) is 16.3 Å². The van der Waals surface area contributed by atoms with E-state index in [4.69, 9.17) is 5.10 Å². The number of hydrogen-bond donors (Lipinski definition) is 0. The van der Waals surface area contributed by atoms with Crippen LogP contribution in [0.15, 0.2) is 30.3 Å². The van der Waals surface area contributed by atoms with Crippen molar-refractivity contribution in [3.8, 4) is 5.69 Å². The fraction of sp³-hybridized carbons (Fsp3) is 0.500. The molecule has 6 heteroatoms. The number of aryl methyl sites for hydroxylation is 2. The minimum Gasteiger partial charge on any atom is -0.335 e. The third kappa shape index (κ3) is 3.56. The molecule has 3 heterocycles. The lowest BCUT2D eigenvalue weighted by Gasteiger charge is -2.40. The summed E-state index contributed by atoms with van der Waals surface area (Å²) in [7, 11) is 0. The molecular formula is C24H30N4OS. The van der Waals surface area contributed by atoms with Crippen molar-refractivity contribution in [2.45, 2.75) is 52.0 Å². The average Bonchev–Trinajstić information content (AvgIpc) is 3.35. The normalized spacial score (nSPS) is 18.9. The molecule has 0 spiro atoms. The van der Waals surface area contributed by atoms with Crippen molar-refractivity contribution in [2.75, 3.05) is 26.2 Å². The largest absolute Gasteiger partial charge is 0.335 e. The highest BCUT2D eigenvalue weighted by Gasteiger charge is 2.28. The predicted octanol–water partition coefficient (Wildman–Crippen LogP) is 4.79. The number of benzene rings is 1. The van der Waals surface area contributed by atoms with Gasteiger partial charge in [-0.15, -0.1) is 11.3 Å². The fourth-order valence-corrected chi connectivity index (χ4v) is 6.15. The van der Waals surface area contributed by atoms with Crippen LogP contribution in [0, 0.1) is 13.8 Å². The van der Waals surface area contributed by atoms with Crippen LogP contribution in [0.3, 0.4) is 0 Å². The summed E-state index contributed by atoms with van der Waals surface area (Å²) in [4.78, 5) is 19.8. The molecule has 0 N–H and O–H groups in total. The molecule has 1 aliphatic carbocycles. The molecule has 0 atom stereocenters. The van der Waals surface area contributed by atoms with E-state index in [0.29, 0.717) is 0 Å². The first-order valence-electron chi connectivity index (χ1n) is 11.2. The lowest BCUT2D eigenvalue weighted by Crippen LogP contribution is -2.52. The molecule has 2 aromatic heterocycles. The van der Waals surface area contributed by atoms with Crippen LogP contribution in [0.2, 0.25) is 0 Å². The van der Waals surface area contributed by atoms with Crippen LogP contribution >= 0.6 is 11.3 Å². The lowest BCUT2D eigenvalue weighted by atomic mass is 9.94. The number of thiophene rings is 1. The molecule has 1 saturated heterocycles. The smallest absolute Gasteiger partial charge is 0.264 e. The second-order valence-electron chi connectivity index (χ2n) is 8.73. The third-order valence-electron chi connectivity index (χ3n) is 6.79. The molecule has 0 bridgehead atoms. The van der Waals surface area contributed by atoms with Gasteiger partial charge in [0.1, 0.15) is 4.83 Å². The Bertz CT molecular complexity index is 1050. The molecule has 158 valence electrons. The zero-order valence-electron chi connectivity index (χ0n) is 17.9. The van der Waals surface area contributed by atoms with E-state index in [-0.39, 0.29) is 5.91 Å². The number of carbonyl (C=O) groups excluding carboxylic acids is 1. The van der Waals surface area contributed by atoms with E-state index < -0.39 is 0 Å². The number of para-hydroxylation sites is 1. The van der Waals surface area contributed by atoms with Crippen LogP contribution in [0.25, 0.3) is 15.9 Å². The molecule has 5 rings (SSSR count). The summed E-state index contributed by atoms with van der Waals surface area (Å²) in [5.41, 5.74) is 3.24. The van der Waals surface area contributed by atoms with E-state index in [0.717, 1.165) is 58.7 Å². The van der Waals surface area contributed by atoms with Gasteiger partial charge in [-0.3, -0.25) is 9.69 Å². The van der Waals surface area contributed by atoms with Crippen molar-refractivity contribution >= 4 is 27.5 Å². The number of fused-ring (bicyclic) bond motifs is 1. The Kier molecular flexibility index (Phi) is 5.37. The van der Waals surface area contributed by atoms with Crippen molar-refractivity contribution in [2.24, 2.45) is 0 Å². The van der Waals surface area contributed by atoms with E-state index in [1.807, 2.05) is 34.7 Å². The van der Waals surface area contributed by atoms with Crippen molar-refractivity contribution in [1.29, 1.82) is 0 Å². The van der Waals surface area contributed by atoms with Crippen molar-refractivity contribution < 1.29 is 4.79 Å². The molecule has 1 amide bonds. The molecule has 0 radical (unpaired) electrons. The molecule has 0 unspecified atom stereocenters. The second kappa shape index (κ2) is 8.16. The zero-order chi connectivity index (χ0) is 20.7. The first-order chi connectivity index (χ1) is 14.6. The van der Waals surface area contributed by atoms with Gasteiger partial charge in [-0.1, -0.05) is 37.5 Å². The van der Waals surface area contributed by atoms with Crippen LogP contribution in [0.4, 0.5) is 0 Å². The molecule has 1 aliphatic heterocycles. The minimum atomic E-state index is 0.176. The summed E-state index contributed by atoms with van der Waals surface area (Å²) < 4.78 is 2.00. The van der Waals surface area contributed by atoms with E-state index in [9.17, 15) is 4.79 Å². The van der Waals surface area contributed by atoms with E-state index in [1.165, 1.54) is 37.7 Å². The summed E-state index contributed by atoms with van der Waals surface area (Å²) in [6, 6.07) is 11.1. The number of hydrogen-bond acceptors (Lipinski definition) is 4. The summed E-state index contributed by atoms with van der Waals surface area (Å²) in [6.45, 7) is 7.83. The Morgan fingerprint density at radius 2 is 1.77 bits per heavy atom. The molecule has 1 aromatic carbocycles. The Balaban J connectivity index is 1.35. The van der Waals surface area contributed by atoms with Gasteiger partial charge in [0, 0.05) is 37.6 Å². The minimum absolute atomic E-state index is 0.176. The van der Waals surface area contributed by atoms with Crippen LogP contribution in [-0.4, -0.2) is 57.7 Å². The Morgan fingerprint density at radius 1 is 1.03 bits per heavy atom. The standard InChI is InChI=1S/C24H30N4OS/c1-17-8-6-7-11-21(17)28-24-20(18(2)25-28)16-22(30-24)23(29)27-14-12-26(13-15-27)19-9-4-3-5-10-19/h6-8,11,16,19H,3-5,9-10,12-15H2,1-2H3. The Morgan fingerprint density at radius 3 is 2.50 bits per heavy atom. The van der Waals surface area contributed by atoms with Gasteiger partial charge < -0.3 is 4.90 Å². The highest BCUT2D eigenvalue weighted by atomic mass is 32.1. The van der Waals surface area contributed by atoms with Crippen molar-refractivity contribution in [3.05, 3.63) is 46.5 Å². The Labute approximate surface area is 182 Å². The van der Waals surface area contributed by atoms with E-state index in [1.54, 1.807) is 11.3 Å². The van der Waals surface area contributed by atoms with Gasteiger partial charge in [-0.2, -0.15) is 5.10 Å². The van der Waals surface area contributed by atoms with Crippen LogP contribution in [0.5, 0.6) is 0 Å². The molecule has 3 aromatic rings. The highest BCUT2D eigenvalue weighted by molar-refractivity contribution is 7.20. The van der Waals surface area contributed by atoms with E-state index >= 15 is 0 Å². The monoisotopic (exact) mass is 422 g/mol. The number of amides is 1. The second-order valence-corrected chi connectivity index (χ2v) is 9.76. The fourth-order valence-electron chi connectivity index (χ4n) is 5.01. The number of aromatic nitrogens is 2. The molecule has 30 heavy (non-hydrogen) atoms. The summed E-state index contributed by atoms with van der Waals surface area (Å²) in [5.74, 6) is 0.176. The van der Waals surface area contributed by atoms with Crippen LogP contribution in [0.1, 0.15) is 53.0 Å². The van der Waals surface area contributed by atoms with Gasteiger partial charge in [0.15, 0.2) is 0 Å². The first-order valence-corrected chi connectivity index (χ1v) is 12.0. The zero-order valence-corrected chi connectivity index (χ0v) is 18.7. The van der Waals surface area contributed by atoms with Gasteiger partial charge in [0.2, 0.25) is 0 Å². The molecule has 2 aliphatic rings. The molecule has 5 nitrogen and oxygen atoms in total. The number of rotatable bonds is 3. The average molecular weight is 423 g/mol. The van der Waals surface area contributed by atoms with Crippen LogP contribution in [-0.2, 0) is 0 Å². The topological polar surface area (TPSA) is 41.4 Å². The van der Waals surface area contributed by atoms with Crippen molar-refractivity contribution in [3.63, 3.8) is 0 Å². The maximum Gasteiger partial charge on any atom is 0.264 e. The summed E-state index contributed by atoms with van der Waals surface area (Å²) >= 11 is 1.57. The quantitative estimate of drug-likeness (QED) is 0.609. The number of nitrogens with zero attached hydrogens (tertiary/aromatic N) is 4. The van der Waals surface area contributed by atoms with Gasteiger partial charge in [0.25, 0.3) is 5.91 Å². The number of carbonyl (C=O) groups is 1. The van der Waals surface area contributed by atoms with Crippen LogP contribution < -0.4 is 0 Å². The lowest BCUT2D eigenvalue weighted by molar-refractivity contribution is 0.0527.